The zero-order valence-electron chi connectivity index (χ0n) is 9.76. The second-order valence-corrected chi connectivity index (χ2v) is 4.11. The van der Waals surface area contributed by atoms with Crippen molar-refractivity contribution < 1.29 is 27.4 Å². The van der Waals surface area contributed by atoms with Crippen molar-refractivity contribution in [3.63, 3.8) is 0 Å². The molecule has 0 radical (unpaired) electrons. The fraction of sp³-hybridized carbons (Fsp3) is 0.900. The van der Waals surface area contributed by atoms with Crippen molar-refractivity contribution in [1.29, 1.82) is 0 Å². The SMILES string of the molecule is CNC1(C(=O)OC)CCC(OCC(F)(F)F)C1. The Bertz CT molecular complexity index is 282. The number of halogens is 3. The summed E-state index contributed by atoms with van der Waals surface area (Å²) < 4.78 is 45.3. The predicted molar refractivity (Wildman–Crippen MR) is 53.5 cm³/mol. The highest BCUT2D eigenvalue weighted by Gasteiger charge is 2.46. The van der Waals surface area contributed by atoms with Gasteiger partial charge in [-0.3, -0.25) is 4.79 Å². The van der Waals surface area contributed by atoms with Crippen LogP contribution in [0, 0.1) is 0 Å². The third-order valence-electron chi connectivity index (χ3n) is 3.01. The van der Waals surface area contributed by atoms with Gasteiger partial charge >= 0.3 is 12.1 Å². The van der Waals surface area contributed by atoms with Crippen molar-refractivity contribution in [1.82, 2.24) is 5.32 Å². The Morgan fingerprint density at radius 2 is 2.18 bits per heavy atom. The number of carbonyl (C=O) groups is 1. The number of rotatable bonds is 4. The van der Waals surface area contributed by atoms with Crippen LogP contribution < -0.4 is 5.32 Å². The quantitative estimate of drug-likeness (QED) is 0.768. The minimum atomic E-state index is -4.34. The lowest BCUT2D eigenvalue weighted by Crippen LogP contribution is -2.49. The highest BCUT2D eigenvalue weighted by molar-refractivity contribution is 5.81. The van der Waals surface area contributed by atoms with Crippen LogP contribution in [0.1, 0.15) is 19.3 Å². The van der Waals surface area contributed by atoms with E-state index in [0.29, 0.717) is 12.8 Å². The van der Waals surface area contributed by atoms with E-state index in [1.807, 2.05) is 0 Å². The summed E-state index contributed by atoms with van der Waals surface area (Å²) in [4.78, 5) is 11.6. The maximum Gasteiger partial charge on any atom is 0.411 e. The molecule has 0 bridgehead atoms. The number of hydrogen-bond donors (Lipinski definition) is 1. The van der Waals surface area contributed by atoms with Gasteiger partial charge in [0.2, 0.25) is 0 Å². The van der Waals surface area contributed by atoms with Gasteiger partial charge in [0, 0.05) is 6.42 Å². The average Bonchev–Trinajstić information content (AvgIpc) is 2.69. The normalized spacial score (nSPS) is 29.4. The Labute approximate surface area is 97.5 Å². The summed E-state index contributed by atoms with van der Waals surface area (Å²) in [7, 11) is 2.84. The summed E-state index contributed by atoms with van der Waals surface area (Å²) in [5.41, 5.74) is -0.912. The molecular formula is C10H16F3NO3. The van der Waals surface area contributed by atoms with Crippen LogP contribution in [0.25, 0.3) is 0 Å². The monoisotopic (exact) mass is 255 g/mol. The fourth-order valence-electron chi connectivity index (χ4n) is 2.06. The van der Waals surface area contributed by atoms with E-state index in [9.17, 15) is 18.0 Å². The van der Waals surface area contributed by atoms with Gasteiger partial charge in [0.15, 0.2) is 0 Å². The molecule has 1 rings (SSSR count). The summed E-state index contributed by atoms with van der Waals surface area (Å²) in [5.74, 6) is -0.460. The van der Waals surface area contributed by atoms with E-state index in [-0.39, 0.29) is 6.42 Å². The second-order valence-electron chi connectivity index (χ2n) is 4.11. The third kappa shape index (κ3) is 3.57. The van der Waals surface area contributed by atoms with E-state index < -0.39 is 30.4 Å². The Morgan fingerprint density at radius 1 is 1.53 bits per heavy atom. The maximum absolute atomic E-state index is 12.0. The molecule has 1 aliphatic rings. The lowest BCUT2D eigenvalue weighted by Gasteiger charge is -2.25. The summed E-state index contributed by atoms with van der Waals surface area (Å²) in [6.07, 6.45) is -3.88. The lowest BCUT2D eigenvalue weighted by atomic mass is 9.98. The molecule has 0 heterocycles. The maximum atomic E-state index is 12.0. The van der Waals surface area contributed by atoms with Crippen molar-refractivity contribution in [2.24, 2.45) is 0 Å². The van der Waals surface area contributed by atoms with Crippen LogP contribution in [0.5, 0.6) is 0 Å². The second kappa shape index (κ2) is 5.22. The number of ether oxygens (including phenoxy) is 2. The Kier molecular flexibility index (Phi) is 4.37. The lowest BCUT2D eigenvalue weighted by molar-refractivity contribution is -0.185. The van der Waals surface area contributed by atoms with Gasteiger partial charge in [-0.15, -0.1) is 0 Å². The van der Waals surface area contributed by atoms with E-state index in [1.54, 1.807) is 7.05 Å². The molecular weight excluding hydrogens is 239 g/mol. The highest BCUT2D eigenvalue weighted by atomic mass is 19.4. The Balaban J connectivity index is 2.53. The Hall–Kier alpha value is -0.820. The van der Waals surface area contributed by atoms with Crippen molar-refractivity contribution >= 4 is 5.97 Å². The number of likely N-dealkylation sites (N-methyl/N-ethyl adjacent to an activating group) is 1. The smallest absolute Gasteiger partial charge is 0.411 e. The molecule has 2 unspecified atom stereocenters. The summed E-state index contributed by atoms with van der Waals surface area (Å²) in [6.45, 7) is -1.28. The Morgan fingerprint density at radius 3 is 2.65 bits per heavy atom. The molecule has 0 aromatic carbocycles. The molecule has 1 N–H and O–H groups in total. The molecule has 1 aliphatic carbocycles. The largest absolute Gasteiger partial charge is 0.468 e. The van der Waals surface area contributed by atoms with Gasteiger partial charge in [-0.1, -0.05) is 0 Å². The van der Waals surface area contributed by atoms with E-state index in [2.05, 4.69) is 10.1 Å². The van der Waals surface area contributed by atoms with Crippen LogP contribution in [0.3, 0.4) is 0 Å². The first-order valence-electron chi connectivity index (χ1n) is 5.28. The molecule has 2 atom stereocenters. The first-order valence-corrected chi connectivity index (χ1v) is 5.28. The van der Waals surface area contributed by atoms with E-state index in [4.69, 9.17) is 4.74 Å². The van der Waals surface area contributed by atoms with Gasteiger partial charge in [-0.05, 0) is 19.9 Å². The molecule has 17 heavy (non-hydrogen) atoms. The molecule has 0 spiro atoms. The van der Waals surface area contributed by atoms with Gasteiger partial charge in [-0.2, -0.15) is 13.2 Å². The van der Waals surface area contributed by atoms with Crippen molar-refractivity contribution in [2.75, 3.05) is 20.8 Å². The molecule has 0 aromatic rings. The standard InChI is InChI=1S/C10H16F3NO3/c1-14-9(8(15)16-2)4-3-7(5-9)17-6-10(11,12)13/h7,14H,3-6H2,1-2H3. The number of hydrogen-bond acceptors (Lipinski definition) is 4. The first-order chi connectivity index (χ1) is 7.83. The molecule has 1 saturated carbocycles. The molecule has 0 saturated heterocycles. The van der Waals surface area contributed by atoms with E-state index in [1.165, 1.54) is 7.11 Å². The van der Waals surface area contributed by atoms with Crippen LogP contribution in [0.15, 0.2) is 0 Å². The number of carbonyl (C=O) groups excluding carboxylic acids is 1. The average molecular weight is 255 g/mol. The molecule has 1 fully saturated rings. The molecule has 7 heteroatoms. The summed E-state index contributed by atoms with van der Waals surface area (Å²) in [6, 6.07) is 0. The minimum Gasteiger partial charge on any atom is -0.468 e. The fourth-order valence-corrected chi connectivity index (χ4v) is 2.06. The van der Waals surface area contributed by atoms with Crippen LogP contribution in [0.2, 0.25) is 0 Å². The highest BCUT2D eigenvalue weighted by Crippen LogP contribution is 2.33. The molecule has 0 aromatic heterocycles. The van der Waals surface area contributed by atoms with Crippen LogP contribution in [0.4, 0.5) is 13.2 Å². The topological polar surface area (TPSA) is 47.6 Å². The van der Waals surface area contributed by atoms with Crippen LogP contribution >= 0.6 is 0 Å². The van der Waals surface area contributed by atoms with Crippen molar-refractivity contribution in [2.45, 2.75) is 37.1 Å². The zero-order chi connectivity index (χ0) is 13.1. The third-order valence-corrected chi connectivity index (χ3v) is 3.01. The van der Waals surface area contributed by atoms with Crippen molar-refractivity contribution in [3.8, 4) is 0 Å². The zero-order valence-corrected chi connectivity index (χ0v) is 9.76. The molecule has 4 nitrogen and oxygen atoms in total. The number of methoxy groups -OCH3 is 1. The predicted octanol–water partition coefficient (Wildman–Crippen LogP) is 1.25. The van der Waals surface area contributed by atoms with Gasteiger partial charge in [0.1, 0.15) is 12.1 Å². The molecule has 0 aliphatic heterocycles. The van der Waals surface area contributed by atoms with Crippen LogP contribution in [-0.2, 0) is 14.3 Å². The van der Waals surface area contributed by atoms with Crippen molar-refractivity contribution in [3.05, 3.63) is 0 Å². The van der Waals surface area contributed by atoms with Gasteiger partial charge < -0.3 is 14.8 Å². The van der Waals surface area contributed by atoms with Gasteiger partial charge in [-0.25, -0.2) is 0 Å². The summed E-state index contributed by atoms with van der Waals surface area (Å²) in [5, 5.41) is 2.82. The van der Waals surface area contributed by atoms with Gasteiger partial charge in [0.25, 0.3) is 0 Å². The summed E-state index contributed by atoms with van der Waals surface area (Å²) >= 11 is 0. The van der Waals surface area contributed by atoms with Crippen LogP contribution in [-0.4, -0.2) is 44.6 Å². The van der Waals surface area contributed by atoms with E-state index in [0.717, 1.165) is 0 Å². The number of nitrogens with one attached hydrogen (secondary N) is 1. The van der Waals surface area contributed by atoms with E-state index >= 15 is 0 Å². The minimum absolute atomic E-state index is 0.201. The molecule has 0 amide bonds. The number of alkyl halides is 3. The molecule has 100 valence electrons. The number of esters is 1. The van der Waals surface area contributed by atoms with Gasteiger partial charge in [0.05, 0.1) is 13.2 Å². The first kappa shape index (κ1) is 14.2.